The summed E-state index contributed by atoms with van der Waals surface area (Å²) in [6, 6.07) is 20.7. The highest BCUT2D eigenvalue weighted by atomic mass is 19.1. The number of hydrogen-bond acceptors (Lipinski definition) is 2. The van der Waals surface area contributed by atoms with Gasteiger partial charge in [-0.15, -0.1) is 0 Å². The van der Waals surface area contributed by atoms with Crippen LogP contribution < -0.4 is 0 Å². The first-order valence-corrected chi connectivity index (χ1v) is 9.84. The molecule has 3 aromatic carbocycles. The van der Waals surface area contributed by atoms with E-state index in [0.29, 0.717) is 10.9 Å². The normalized spacial score (nSPS) is 15.7. The molecule has 0 aliphatic carbocycles. The summed E-state index contributed by atoms with van der Waals surface area (Å²) >= 11 is 0. The van der Waals surface area contributed by atoms with Gasteiger partial charge in [0.1, 0.15) is 5.82 Å². The lowest BCUT2D eigenvalue weighted by atomic mass is 9.85. The second kappa shape index (κ2) is 6.07. The van der Waals surface area contributed by atoms with Crippen LogP contribution in [0.1, 0.15) is 22.6 Å². The summed E-state index contributed by atoms with van der Waals surface area (Å²) in [5.74, 6) is -0.418. The van der Waals surface area contributed by atoms with Crippen molar-refractivity contribution in [2.24, 2.45) is 12.0 Å². The van der Waals surface area contributed by atoms with Gasteiger partial charge in [0, 0.05) is 29.5 Å². The highest BCUT2D eigenvalue weighted by Gasteiger charge is 2.35. The lowest BCUT2D eigenvalue weighted by Crippen LogP contribution is -2.11. The molecule has 0 fully saturated rings. The number of nitrogens with zero attached hydrogens (tertiary/aromatic N) is 2. The van der Waals surface area contributed by atoms with Crippen molar-refractivity contribution in [2.45, 2.75) is 5.92 Å². The van der Waals surface area contributed by atoms with Crippen LogP contribution in [0.5, 0.6) is 5.88 Å². The molecule has 0 radical (unpaired) electrons. The molecule has 2 N–H and O–H groups in total. The van der Waals surface area contributed by atoms with Gasteiger partial charge in [-0.05, 0) is 41.5 Å². The van der Waals surface area contributed by atoms with E-state index in [0.717, 1.165) is 38.9 Å². The zero-order chi connectivity index (χ0) is 20.4. The Labute approximate surface area is 171 Å². The zero-order valence-electron chi connectivity index (χ0n) is 16.2. The highest BCUT2D eigenvalue weighted by molar-refractivity contribution is 6.20. The minimum absolute atomic E-state index is 0.0898. The molecule has 1 unspecified atom stereocenters. The van der Waals surface area contributed by atoms with Crippen molar-refractivity contribution in [1.29, 1.82) is 0 Å². The van der Waals surface area contributed by atoms with Crippen LogP contribution in [0.4, 0.5) is 10.1 Å². The molecule has 0 bridgehead atoms. The lowest BCUT2D eigenvalue weighted by molar-refractivity contribution is 0.434. The first-order valence-electron chi connectivity index (χ1n) is 9.84. The summed E-state index contributed by atoms with van der Waals surface area (Å²) in [6.45, 7) is 0. The summed E-state index contributed by atoms with van der Waals surface area (Å²) in [4.78, 5) is 8.28. The van der Waals surface area contributed by atoms with E-state index in [1.165, 1.54) is 12.1 Å². The van der Waals surface area contributed by atoms with Gasteiger partial charge in [-0.1, -0.05) is 36.4 Å². The fourth-order valence-corrected chi connectivity index (χ4v) is 4.68. The van der Waals surface area contributed by atoms with E-state index in [2.05, 4.69) is 17.1 Å². The predicted octanol–water partition coefficient (Wildman–Crippen LogP) is 5.77. The quantitative estimate of drug-likeness (QED) is 0.392. The summed E-state index contributed by atoms with van der Waals surface area (Å²) in [7, 11) is 1.78. The molecule has 1 aliphatic rings. The minimum Gasteiger partial charge on any atom is -0.494 e. The van der Waals surface area contributed by atoms with Crippen molar-refractivity contribution in [3.05, 3.63) is 95.4 Å². The van der Waals surface area contributed by atoms with Crippen molar-refractivity contribution in [2.75, 3.05) is 0 Å². The monoisotopic (exact) mass is 395 g/mol. The third-order valence-electron chi connectivity index (χ3n) is 6.08. The first-order chi connectivity index (χ1) is 14.6. The maximum atomic E-state index is 14.2. The minimum atomic E-state index is -0.339. The Hall–Kier alpha value is -3.86. The number of aromatic nitrogens is 2. The second-order valence-electron chi connectivity index (χ2n) is 7.70. The van der Waals surface area contributed by atoms with E-state index in [4.69, 9.17) is 4.99 Å². The van der Waals surface area contributed by atoms with Crippen LogP contribution in [0.25, 0.3) is 21.8 Å². The van der Waals surface area contributed by atoms with Gasteiger partial charge in [-0.25, -0.2) is 4.39 Å². The Morgan fingerprint density at radius 2 is 1.77 bits per heavy atom. The van der Waals surface area contributed by atoms with E-state index in [1.54, 1.807) is 17.7 Å². The van der Waals surface area contributed by atoms with Crippen LogP contribution in [-0.4, -0.2) is 20.4 Å². The topological polar surface area (TPSA) is 53.3 Å². The zero-order valence-corrected chi connectivity index (χ0v) is 16.2. The summed E-state index contributed by atoms with van der Waals surface area (Å²) in [5.41, 5.74) is 6.15. The van der Waals surface area contributed by atoms with E-state index in [-0.39, 0.29) is 17.6 Å². The van der Waals surface area contributed by atoms with Gasteiger partial charge in [0.25, 0.3) is 0 Å². The lowest BCUT2D eigenvalue weighted by Gasteiger charge is -2.15. The number of rotatable bonds is 2. The number of halogens is 1. The van der Waals surface area contributed by atoms with E-state index in [1.807, 2.05) is 42.6 Å². The van der Waals surface area contributed by atoms with Gasteiger partial charge in [0.2, 0.25) is 5.88 Å². The molecule has 0 saturated carbocycles. The van der Waals surface area contributed by atoms with Gasteiger partial charge in [0.15, 0.2) is 0 Å². The van der Waals surface area contributed by atoms with Crippen LogP contribution in [-0.2, 0) is 7.05 Å². The molecular formula is C25H18FN3O. The number of aryl methyl sites for hydroxylation is 1. The van der Waals surface area contributed by atoms with Crippen LogP contribution in [0.3, 0.4) is 0 Å². The van der Waals surface area contributed by atoms with Gasteiger partial charge in [-0.3, -0.25) is 4.99 Å². The van der Waals surface area contributed by atoms with Crippen LogP contribution >= 0.6 is 0 Å². The molecule has 1 atom stereocenters. The number of H-pyrrole nitrogens is 1. The van der Waals surface area contributed by atoms with Crippen molar-refractivity contribution >= 4 is 33.2 Å². The number of para-hydroxylation sites is 2. The van der Waals surface area contributed by atoms with Gasteiger partial charge >= 0.3 is 0 Å². The first kappa shape index (κ1) is 17.0. The molecule has 146 valence electrons. The second-order valence-corrected chi connectivity index (χ2v) is 7.70. The number of nitrogens with one attached hydrogen (secondary N) is 1. The Bertz CT molecular complexity index is 1490. The summed E-state index contributed by atoms with van der Waals surface area (Å²) < 4.78 is 15.8. The molecule has 2 aromatic heterocycles. The van der Waals surface area contributed by atoms with Crippen LogP contribution in [0.2, 0.25) is 0 Å². The number of aromatic amines is 1. The highest BCUT2D eigenvalue weighted by Crippen LogP contribution is 2.46. The Kier molecular flexibility index (Phi) is 3.45. The molecule has 5 aromatic rings. The SMILES string of the molecule is Cn1c(O)c(C2=Nc3ccccc3C2c2c[nH]c3ccccc23)c2cc(F)ccc21. The number of aliphatic imine (C=N–C) groups is 1. The fourth-order valence-electron chi connectivity index (χ4n) is 4.68. The molecule has 3 heterocycles. The molecule has 6 rings (SSSR count). The summed E-state index contributed by atoms with van der Waals surface area (Å²) in [5, 5.41) is 12.8. The van der Waals surface area contributed by atoms with Gasteiger partial charge < -0.3 is 14.7 Å². The molecule has 5 heteroatoms. The molecule has 0 spiro atoms. The average Bonchev–Trinajstić information content (AvgIpc) is 3.40. The van der Waals surface area contributed by atoms with E-state index < -0.39 is 0 Å². The van der Waals surface area contributed by atoms with Gasteiger partial charge in [0.05, 0.1) is 28.4 Å². The van der Waals surface area contributed by atoms with E-state index >= 15 is 0 Å². The number of benzene rings is 3. The van der Waals surface area contributed by atoms with Crippen molar-refractivity contribution in [3.8, 4) is 5.88 Å². The molecule has 30 heavy (non-hydrogen) atoms. The van der Waals surface area contributed by atoms with Crippen molar-refractivity contribution < 1.29 is 9.50 Å². The third kappa shape index (κ3) is 2.23. The van der Waals surface area contributed by atoms with Gasteiger partial charge in [-0.2, -0.15) is 0 Å². The molecule has 0 amide bonds. The number of fused-ring (bicyclic) bond motifs is 3. The van der Waals surface area contributed by atoms with Crippen molar-refractivity contribution in [3.63, 3.8) is 0 Å². The van der Waals surface area contributed by atoms with Crippen molar-refractivity contribution in [1.82, 2.24) is 9.55 Å². The Morgan fingerprint density at radius 3 is 2.67 bits per heavy atom. The standard InChI is InChI=1S/C25H18FN3O/c1-29-21-11-10-14(26)12-17(21)23(25(29)30)24-22(16-7-3-5-9-20(16)28-24)18-13-27-19-8-4-2-6-15(18)19/h2-13,22,27,30H,1H3. The molecule has 1 aliphatic heterocycles. The number of aromatic hydroxyl groups is 1. The average molecular weight is 395 g/mol. The molecule has 0 saturated heterocycles. The largest absolute Gasteiger partial charge is 0.494 e. The Morgan fingerprint density at radius 1 is 0.967 bits per heavy atom. The molecular weight excluding hydrogens is 377 g/mol. The maximum Gasteiger partial charge on any atom is 0.201 e. The molecule has 4 nitrogen and oxygen atoms in total. The predicted molar refractivity (Wildman–Crippen MR) is 117 cm³/mol. The third-order valence-corrected chi connectivity index (χ3v) is 6.08. The maximum absolute atomic E-state index is 14.2. The van der Waals surface area contributed by atoms with Crippen LogP contribution in [0.15, 0.2) is 77.9 Å². The summed E-state index contributed by atoms with van der Waals surface area (Å²) in [6.07, 6.45) is 2.01. The Balaban J connectivity index is 1.67. The number of hydrogen-bond donors (Lipinski definition) is 2. The van der Waals surface area contributed by atoms with E-state index in [9.17, 15) is 9.50 Å². The van der Waals surface area contributed by atoms with Crippen LogP contribution in [0, 0.1) is 5.82 Å². The fraction of sp³-hybridized carbons (Fsp3) is 0.0800. The smallest absolute Gasteiger partial charge is 0.201 e.